The average Bonchev–Trinajstić information content (AvgIpc) is 2.28. The van der Waals surface area contributed by atoms with Crippen molar-refractivity contribution in [2.24, 2.45) is 0 Å². The molecule has 0 fully saturated rings. The van der Waals surface area contributed by atoms with Gasteiger partial charge in [-0.15, -0.1) is 0 Å². The van der Waals surface area contributed by atoms with Gasteiger partial charge in [-0.2, -0.15) is 8.78 Å². The van der Waals surface area contributed by atoms with Crippen LogP contribution in [0.1, 0.15) is 5.56 Å². The second-order valence-electron chi connectivity index (χ2n) is 3.72. The average molecular weight is 245 g/mol. The van der Waals surface area contributed by atoms with E-state index in [1.54, 1.807) is 31.4 Å². The molecule has 96 valence electrons. The van der Waals surface area contributed by atoms with Gasteiger partial charge in [-0.05, 0) is 13.1 Å². The van der Waals surface area contributed by atoms with Gasteiger partial charge < -0.3 is 9.47 Å². The Bertz CT molecular complexity index is 334. The Balaban J connectivity index is 2.62. The zero-order valence-electron chi connectivity index (χ0n) is 10.0. The fraction of sp³-hybridized carbons (Fsp3) is 0.500. The number of nitrogens with zero attached hydrogens (tertiary/aromatic N) is 1. The quantitative estimate of drug-likeness (QED) is 0.736. The van der Waals surface area contributed by atoms with Crippen molar-refractivity contribution >= 4 is 0 Å². The van der Waals surface area contributed by atoms with Gasteiger partial charge in [-0.3, -0.25) is 4.90 Å². The summed E-state index contributed by atoms with van der Waals surface area (Å²) < 4.78 is 33.8. The summed E-state index contributed by atoms with van der Waals surface area (Å²) in [5.74, 6) is 0.228. The molecule has 1 aromatic carbocycles. The first-order valence-electron chi connectivity index (χ1n) is 5.33. The topological polar surface area (TPSA) is 21.7 Å². The molecule has 17 heavy (non-hydrogen) atoms. The van der Waals surface area contributed by atoms with Crippen LogP contribution in [0.15, 0.2) is 24.3 Å². The summed E-state index contributed by atoms with van der Waals surface area (Å²) in [4.78, 5) is 1.98. The minimum absolute atomic E-state index is 0.228. The Morgan fingerprint density at radius 3 is 2.65 bits per heavy atom. The Kier molecular flexibility index (Phi) is 5.86. The van der Waals surface area contributed by atoms with Crippen LogP contribution >= 0.6 is 0 Å². The highest BCUT2D eigenvalue weighted by atomic mass is 19.3. The van der Waals surface area contributed by atoms with Crippen LogP contribution in [-0.4, -0.2) is 38.8 Å². The van der Waals surface area contributed by atoms with Crippen LogP contribution in [0.2, 0.25) is 0 Å². The lowest BCUT2D eigenvalue weighted by Gasteiger charge is -2.18. The van der Waals surface area contributed by atoms with E-state index < -0.39 is 6.61 Å². The molecule has 0 atom stereocenters. The predicted octanol–water partition coefficient (Wildman–Crippen LogP) is 2.37. The molecular formula is C12H17F2NO2. The summed E-state index contributed by atoms with van der Waals surface area (Å²) in [6, 6.07) is 6.81. The van der Waals surface area contributed by atoms with Gasteiger partial charge in [0.15, 0.2) is 0 Å². The number of ether oxygens (including phenoxy) is 2. The summed E-state index contributed by atoms with van der Waals surface area (Å²) in [5.41, 5.74) is 0.742. The van der Waals surface area contributed by atoms with E-state index in [1.165, 1.54) is 0 Å². The molecule has 1 rings (SSSR count). The Morgan fingerprint density at radius 2 is 2.00 bits per heavy atom. The van der Waals surface area contributed by atoms with Gasteiger partial charge in [-0.1, -0.05) is 18.2 Å². The molecule has 0 aromatic heterocycles. The molecule has 1 aromatic rings. The van der Waals surface area contributed by atoms with E-state index in [2.05, 4.69) is 4.74 Å². The maximum absolute atomic E-state index is 12.2. The normalized spacial score (nSPS) is 11.2. The number of halogens is 2. The molecule has 0 spiro atoms. The van der Waals surface area contributed by atoms with Crippen LogP contribution in [0, 0.1) is 0 Å². The molecule has 0 bridgehead atoms. The highest BCUT2D eigenvalue weighted by molar-refractivity contribution is 5.33. The summed E-state index contributed by atoms with van der Waals surface area (Å²) in [5, 5.41) is 0. The molecule has 0 radical (unpaired) electrons. The highest BCUT2D eigenvalue weighted by Gasteiger charge is 2.10. The lowest BCUT2D eigenvalue weighted by Crippen LogP contribution is -2.22. The fourth-order valence-corrected chi connectivity index (χ4v) is 1.46. The summed E-state index contributed by atoms with van der Waals surface area (Å²) in [7, 11) is 3.53. The monoisotopic (exact) mass is 245 g/mol. The number of alkyl halides is 2. The number of methoxy groups -OCH3 is 1. The van der Waals surface area contributed by atoms with Gasteiger partial charge in [0.1, 0.15) is 5.75 Å². The van der Waals surface area contributed by atoms with Crippen LogP contribution in [-0.2, 0) is 11.3 Å². The smallest absolute Gasteiger partial charge is 0.387 e. The fourth-order valence-electron chi connectivity index (χ4n) is 1.46. The second kappa shape index (κ2) is 7.19. The van der Waals surface area contributed by atoms with Crippen molar-refractivity contribution in [1.82, 2.24) is 4.90 Å². The van der Waals surface area contributed by atoms with Crippen LogP contribution in [0.25, 0.3) is 0 Å². The Hall–Kier alpha value is -1.20. The van der Waals surface area contributed by atoms with Gasteiger partial charge >= 0.3 is 6.61 Å². The lowest BCUT2D eigenvalue weighted by atomic mass is 10.2. The minimum atomic E-state index is -2.79. The molecule has 0 saturated heterocycles. The first-order chi connectivity index (χ1) is 8.13. The standard InChI is InChI=1S/C12H17F2NO2/c1-15(7-8-16-2)9-10-5-3-4-6-11(10)17-12(13)14/h3-6,12H,7-9H2,1-2H3. The van der Waals surface area contributed by atoms with Crippen molar-refractivity contribution in [2.75, 3.05) is 27.3 Å². The zero-order valence-corrected chi connectivity index (χ0v) is 10.0. The van der Waals surface area contributed by atoms with Crippen LogP contribution in [0.4, 0.5) is 8.78 Å². The first-order valence-corrected chi connectivity index (χ1v) is 5.33. The van der Waals surface area contributed by atoms with Gasteiger partial charge in [-0.25, -0.2) is 0 Å². The third-order valence-corrected chi connectivity index (χ3v) is 2.31. The number of para-hydroxylation sites is 1. The molecule has 0 aliphatic rings. The van der Waals surface area contributed by atoms with E-state index in [9.17, 15) is 8.78 Å². The van der Waals surface area contributed by atoms with E-state index >= 15 is 0 Å². The highest BCUT2D eigenvalue weighted by Crippen LogP contribution is 2.21. The van der Waals surface area contributed by atoms with Gasteiger partial charge in [0.05, 0.1) is 6.61 Å². The molecule has 5 heteroatoms. The maximum Gasteiger partial charge on any atom is 0.387 e. The predicted molar refractivity (Wildman–Crippen MR) is 61.3 cm³/mol. The number of hydrogen-bond donors (Lipinski definition) is 0. The molecule has 0 aliphatic carbocycles. The Labute approximate surface area is 99.9 Å². The van der Waals surface area contributed by atoms with E-state index in [0.717, 1.165) is 12.1 Å². The molecule has 0 heterocycles. The third-order valence-electron chi connectivity index (χ3n) is 2.31. The van der Waals surface area contributed by atoms with E-state index in [0.29, 0.717) is 13.2 Å². The minimum Gasteiger partial charge on any atom is -0.434 e. The zero-order chi connectivity index (χ0) is 12.7. The van der Waals surface area contributed by atoms with E-state index in [4.69, 9.17) is 4.74 Å². The summed E-state index contributed by atoms with van der Waals surface area (Å²) in [6.07, 6.45) is 0. The molecule has 0 aliphatic heterocycles. The van der Waals surface area contributed by atoms with Crippen LogP contribution in [0.3, 0.4) is 0 Å². The molecular weight excluding hydrogens is 228 g/mol. The molecule has 0 N–H and O–H groups in total. The van der Waals surface area contributed by atoms with Crippen molar-refractivity contribution in [3.05, 3.63) is 29.8 Å². The van der Waals surface area contributed by atoms with Crippen molar-refractivity contribution in [2.45, 2.75) is 13.2 Å². The molecule has 0 unspecified atom stereocenters. The second-order valence-corrected chi connectivity index (χ2v) is 3.72. The number of benzene rings is 1. The Morgan fingerprint density at radius 1 is 1.29 bits per heavy atom. The van der Waals surface area contributed by atoms with Gasteiger partial charge in [0, 0.05) is 25.8 Å². The number of hydrogen-bond acceptors (Lipinski definition) is 3. The van der Waals surface area contributed by atoms with Crippen molar-refractivity contribution in [1.29, 1.82) is 0 Å². The molecule has 3 nitrogen and oxygen atoms in total. The number of likely N-dealkylation sites (N-methyl/N-ethyl adjacent to an activating group) is 1. The SMILES string of the molecule is COCCN(C)Cc1ccccc1OC(F)F. The summed E-state index contributed by atoms with van der Waals surface area (Å²) in [6.45, 7) is -0.902. The molecule has 0 saturated carbocycles. The van der Waals surface area contributed by atoms with Crippen LogP contribution < -0.4 is 4.74 Å². The largest absolute Gasteiger partial charge is 0.434 e. The third kappa shape index (κ3) is 5.10. The molecule has 0 amide bonds. The van der Waals surface area contributed by atoms with Crippen LogP contribution in [0.5, 0.6) is 5.75 Å². The van der Waals surface area contributed by atoms with E-state index in [1.807, 2.05) is 11.9 Å². The van der Waals surface area contributed by atoms with Crippen molar-refractivity contribution in [3.8, 4) is 5.75 Å². The van der Waals surface area contributed by atoms with E-state index in [-0.39, 0.29) is 5.75 Å². The number of rotatable bonds is 7. The van der Waals surface area contributed by atoms with Crippen molar-refractivity contribution in [3.63, 3.8) is 0 Å². The van der Waals surface area contributed by atoms with Gasteiger partial charge in [0.25, 0.3) is 0 Å². The lowest BCUT2D eigenvalue weighted by molar-refractivity contribution is -0.0507. The van der Waals surface area contributed by atoms with Gasteiger partial charge in [0.2, 0.25) is 0 Å². The summed E-state index contributed by atoms with van der Waals surface area (Å²) >= 11 is 0. The maximum atomic E-state index is 12.2. The first kappa shape index (κ1) is 13.9. The van der Waals surface area contributed by atoms with Crippen molar-refractivity contribution < 1.29 is 18.3 Å².